The van der Waals surface area contributed by atoms with Crippen LogP contribution < -0.4 is 4.74 Å². The molecular weight excluding hydrogens is 268 g/mol. The van der Waals surface area contributed by atoms with E-state index in [0.29, 0.717) is 12.5 Å². The largest absolute Gasteiger partial charge is 0.489 e. The van der Waals surface area contributed by atoms with Gasteiger partial charge in [-0.1, -0.05) is 61.0 Å². The molecule has 0 amide bonds. The molecule has 0 atom stereocenters. The Morgan fingerprint density at radius 2 is 1.75 bits per heavy atom. The van der Waals surface area contributed by atoms with Crippen LogP contribution in [0.5, 0.6) is 5.75 Å². The number of ether oxygens (including phenoxy) is 1. The zero-order valence-corrected chi connectivity index (χ0v) is 12.4. The van der Waals surface area contributed by atoms with E-state index in [4.69, 9.17) is 16.3 Å². The maximum atomic E-state index is 5.87. The van der Waals surface area contributed by atoms with Crippen molar-refractivity contribution < 1.29 is 4.74 Å². The van der Waals surface area contributed by atoms with E-state index in [2.05, 4.69) is 37.3 Å². The van der Waals surface area contributed by atoms with Gasteiger partial charge in [-0.15, -0.1) is 11.6 Å². The third kappa shape index (κ3) is 4.43. The second-order valence-corrected chi connectivity index (χ2v) is 4.90. The quantitative estimate of drug-likeness (QED) is 0.655. The molecule has 2 rings (SSSR count). The van der Waals surface area contributed by atoms with Crippen LogP contribution in [0.1, 0.15) is 24.5 Å². The summed E-state index contributed by atoms with van der Waals surface area (Å²) in [6.07, 6.45) is 3.11. The Labute approximate surface area is 125 Å². The van der Waals surface area contributed by atoms with Crippen LogP contribution in [0.3, 0.4) is 0 Å². The molecule has 0 heterocycles. The Kier molecular flexibility index (Phi) is 5.69. The first-order valence-electron chi connectivity index (χ1n) is 6.84. The van der Waals surface area contributed by atoms with E-state index in [1.807, 2.05) is 30.3 Å². The third-order valence-corrected chi connectivity index (χ3v) is 3.47. The lowest BCUT2D eigenvalue weighted by atomic mass is 10.1. The molecule has 1 nitrogen and oxygen atoms in total. The summed E-state index contributed by atoms with van der Waals surface area (Å²) in [6.45, 7) is 2.71. The van der Waals surface area contributed by atoms with Gasteiger partial charge in [0.15, 0.2) is 0 Å². The Morgan fingerprint density at radius 3 is 2.35 bits per heavy atom. The molecule has 0 unspecified atom stereocenters. The highest BCUT2D eigenvalue weighted by Crippen LogP contribution is 2.17. The number of rotatable bonds is 6. The van der Waals surface area contributed by atoms with Gasteiger partial charge in [-0.3, -0.25) is 0 Å². The lowest BCUT2D eigenvalue weighted by Crippen LogP contribution is -1.94. The van der Waals surface area contributed by atoms with Crippen LogP contribution in [-0.4, -0.2) is 5.88 Å². The second-order valence-electron chi connectivity index (χ2n) is 4.63. The molecule has 0 N–H and O–H groups in total. The number of allylic oxidation sites excluding steroid dienone is 1. The Bertz CT molecular complexity index is 537. The number of benzene rings is 2. The van der Waals surface area contributed by atoms with Crippen molar-refractivity contribution in [3.63, 3.8) is 0 Å². The van der Waals surface area contributed by atoms with Gasteiger partial charge in [0.1, 0.15) is 12.4 Å². The molecule has 0 saturated heterocycles. The minimum Gasteiger partial charge on any atom is -0.489 e. The molecular formula is C18H19ClO. The summed E-state index contributed by atoms with van der Waals surface area (Å²) < 4.78 is 5.76. The first-order valence-corrected chi connectivity index (χ1v) is 7.37. The minimum atomic E-state index is 0.586. The van der Waals surface area contributed by atoms with Crippen LogP contribution >= 0.6 is 11.6 Å². The maximum absolute atomic E-state index is 5.87. The monoisotopic (exact) mass is 286 g/mol. The van der Waals surface area contributed by atoms with Crippen molar-refractivity contribution in [1.82, 2.24) is 0 Å². The summed E-state index contributed by atoms with van der Waals surface area (Å²) in [4.78, 5) is 0. The fourth-order valence-electron chi connectivity index (χ4n) is 1.87. The average molecular weight is 287 g/mol. The molecule has 0 aliphatic heterocycles. The zero-order chi connectivity index (χ0) is 14.2. The van der Waals surface area contributed by atoms with Crippen molar-refractivity contribution in [3.8, 4) is 5.75 Å². The lowest BCUT2D eigenvalue weighted by molar-refractivity contribution is 0.306. The lowest BCUT2D eigenvalue weighted by Gasteiger charge is -2.07. The Balaban J connectivity index is 1.96. The Morgan fingerprint density at radius 1 is 1.05 bits per heavy atom. The number of hydrogen-bond donors (Lipinski definition) is 0. The molecule has 2 aromatic carbocycles. The molecule has 0 fully saturated rings. The van der Waals surface area contributed by atoms with E-state index >= 15 is 0 Å². The summed E-state index contributed by atoms with van der Waals surface area (Å²) in [5, 5.41) is 0. The number of alkyl halides is 1. The van der Waals surface area contributed by atoms with Crippen LogP contribution in [-0.2, 0) is 6.61 Å². The smallest absolute Gasteiger partial charge is 0.119 e. The molecule has 0 saturated carbocycles. The highest BCUT2D eigenvalue weighted by Gasteiger charge is 1.97. The van der Waals surface area contributed by atoms with Crippen molar-refractivity contribution in [1.29, 1.82) is 0 Å². The fraction of sp³-hybridized carbons (Fsp3) is 0.222. The molecule has 0 aliphatic rings. The predicted molar refractivity (Wildman–Crippen MR) is 86.2 cm³/mol. The average Bonchev–Trinajstić information content (AvgIpc) is 2.53. The predicted octanol–water partition coefficient (Wildman–Crippen LogP) is 5.30. The van der Waals surface area contributed by atoms with Crippen molar-refractivity contribution in [2.45, 2.75) is 20.0 Å². The van der Waals surface area contributed by atoms with Crippen LogP contribution in [0.15, 0.2) is 60.2 Å². The highest BCUT2D eigenvalue weighted by molar-refractivity contribution is 6.19. The van der Waals surface area contributed by atoms with Gasteiger partial charge in [-0.25, -0.2) is 0 Å². The molecule has 104 valence electrons. The van der Waals surface area contributed by atoms with Crippen molar-refractivity contribution in [2.24, 2.45) is 0 Å². The van der Waals surface area contributed by atoms with Crippen molar-refractivity contribution in [2.75, 3.05) is 5.88 Å². The molecule has 2 heteroatoms. The fourth-order valence-corrected chi connectivity index (χ4v) is 2.14. The van der Waals surface area contributed by atoms with Gasteiger partial charge in [-0.2, -0.15) is 0 Å². The number of hydrogen-bond acceptors (Lipinski definition) is 1. The third-order valence-electron chi connectivity index (χ3n) is 3.12. The summed E-state index contributed by atoms with van der Waals surface area (Å²) in [5.41, 5.74) is 3.58. The van der Waals surface area contributed by atoms with E-state index in [0.717, 1.165) is 17.7 Å². The van der Waals surface area contributed by atoms with Gasteiger partial charge >= 0.3 is 0 Å². The maximum Gasteiger partial charge on any atom is 0.119 e. The number of halogens is 1. The van der Waals surface area contributed by atoms with Crippen molar-refractivity contribution in [3.05, 3.63) is 71.3 Å². The van der Waals surface area contributed by atoms with Crippen LogP contribution in [0.25, 0.3) is 6.08 Å². The van der Waals surface area contributed by atoms with Crippen LogP contribution in [0.2, 0.25) is 0 Å². The van der Waals surface area contributed by atoms with Gasteiger partial charge in [-0.05, 0) is 29.7 Å². The molecule has 0 bridgehead atoms. The van der Waals surface area contributed by atoms with E-state index in [1.54, 1.807) is 0 Å². The molecule has 0 radical (unpaired) electrons. The topological polar surface area (TPSA) is 9.23 Å². The van der Waals surface area contributed by atoms with Crippen LogP contribution in [0, 0.1) is 0 Å². The summed E-state index contributed by atoms with van der Waals surface area (Å²) in [5.74, 6) is 1.47. The van der Waals surface area contributed by atoms with E-state index in [9.17, 15) is 0 Å². The molecule has 0 spiro atoms. The normalized spacial score (nSPS) is 11.4. The molecule has 20 heavy (non-hydrogen) atoms. The highest BCUT2D eigenvalue weighted by atomic mass is 35.5. The van der Waals surface area contributed by atoms with E-state index in [-0.39, 0.29) is 0 Å². The molecule has 0 aromatic heterocycles. The summed E-state index contributed by atoms with van der Waals surface area (Å²) >= 11 is 5.87. The summed E-state index contributed by atoms with van der Waals surface area (Å²) in [7, 11) is 0. The Hall–Kier alpha value is -1.73. The molecule has 2 aromatic rings. The minimum absolute atomic E-state index is 0.586. The van der Waals surface area contributed by atoms with Gasteiger partial charge in [0.05, 0.1) is 0 Å². The zero-order valence-electron chi connectivity index (χ0n) is 11.7. The van der Waals surface area contributed by atoms with Gasteiger partial charge in [0.25, 0.3) is 0 Å². The SMILES string of the molecule is CCC(=Cc1ccc(OCc2ccccc2)cc1)CCl. The van der Waals surface area contributed by atoms with E-state index in [1.165, 1.54) is 11.1 Å². The second kappa shape index (κ2) is 7.76. The van der Waals surface area contributed by atoms with E-state index < -0.39 is 0 Å². The van der Waals surface area contributed by atoms with Gasteiger partial charge in [0.2, 0.25) is 0 Å². The van der Waals surface area contributed by atoms with Gasteiger partial charge in [0, 0.05) is 5.88 Å². The van der Waals surface area contributed by atoms with Crippen molar-refractivity contribution >= 4 is 17.7 Å². The molecule has 0 aliphatic carbocycles. The van der Waals surface area contributed by atoms with Gasteiger partial charge < -0.3 is 4.74 Å². The summed E-state index contributed by atoms with van der Waals surface area (Å²) in [6, 6.07) is 18.3. The first kappa shape index (κ1) is 14.7. The standard InChI is InChI=1S/C18H19ClO/c1-2-15(13-19)12-16-8-10-18(11-9-16)20-14-17-6-4-3-5-7-17/h3-12H,2,13-14H2,1H3. The van der Waals surface area contributed by atoms with Crippen LogP contribution in [0.4, 0.5) is 0 Å². The first-order chi connectivity index (χ1) is 9.81.